The average Bonchev–Trinajstić information content (AvgIpc) is 2.56. The van der Waals surface area contributed by atoms with E-state index in [1.54, 1.807) is 31.2 Å². The number of aryl methyl sites for hydroxylation is 1. The second-order valence-corrected chi connectivity index (χ2v) is 5.04. The third-order valence-electron chi connectivity index (χ3n) is 3.48. The summed E-state index contributed by atoms with van der Waals surface area (Å²) >= 11 is 0. The molecule has 1 amide bonds. The van der Waals surface area contributed by atoms with Gasteiger partial charge in [0.25, 0.3) is 5.91 Å². The molecule has 3 aromatic rings. The van der Waals surface area contributed by atoms with Crippen LogP contribution in [0.4, 0.5) is 5.69 Å². The number of benzene rings is 1. The Balaban J connectivity index is 2.09. The number of nitrogens with zero attached hydrogens (tertiary/aromatic N) is 1. The van der Waals surface area contributed by atoms with Gasteiger partial charge in [-0.25, -0.2) is 4.79 Å². The first-order valence-corrected chi connectivity index (χ1v) is 6.99. The van der Waals surface area contributed by atoms with Gasteiger partial charge >= 0.3 is 5.63 Å². The number of aliphatic hydroxyl groups excluding tert-OH is 1. The summed E-state index contributed by atoms with van der Waals surface area (Å²) in [4.78, 5) is 28.5. The third kappa shape index (κ3) is 2.84. The standard InChI is InChI=1S/C17H14N2O4/c1-10-15-13(11(9-20)8-18-10)7-14(17(22)23-15)16(21)19-12-5-3-2-4-6-12/h2-8,20H,9H2,1H3,(H,19,21). The van der Waals surface area contributed by atoms with Gasteiger partial charge in [-0.3, -0.25) is 9.78 Å². The molecule has 1 aromatic carbocycles. The highest BCUT2D eigenvalue weighted by atomic mass is 16.4. The smallest absolute Gasteiger partial charge is 0.349 e. The van der Waals surface area contributed by atoms with Crippen LogP contribution in [0.5, 0.6) is 0 Å². The number of fused-ring (bicyclic) bond motifs is 1. The zero-order valence-electron chi connectivity index (χ0n) is 12.4. The van der Waals surface area contributed by atoms with Crippen molar-refractivity contribution in [3.63, 3.8) is 0 Å². The highest BCUT2D eigenvalue weighted by Gasteiger charge is 2.17. The summed E-state index contributed by atoms with van der Waals surface area (Å²) in [5.74, 6) is -0.565. The van der Waals surface area contributed by atoms with Crippen molar-refractivity contribution in [3.05, 3.63) is 69.8 Å². The van der Waals surface area contributed by atoms with Crippen molar-refractivity contribution in [2.24, 2.45) is 0 Å². The Bertz CT molecular complexity index is 932. The second-order valence-electron chi connectivity index (χ2n) is 5.04. The molecule has 0 aliphatic heterocycles. The Morgan fingerprint density at radius 1 is 1.30 bits per heavy atom. The van der Waals surface area contributed by atoms with Gasteiger partial charge in [0.2, 0.25) is 0 Å². The summed E-state index contributed by atoms with van der Waals surface area (Å²) in [5.41, 5.74) is 0.989. The number of pyridine rings is 1. The number of para-hydroxylation sites is 1. The van der Waals surface area contributed by atoms with Gasteiger partial charge in [0, 0.05) is 22.8 Å². The van der Waals surface area contributed by atoms with Crippen LogP contribution in [-0.2, 0) is 6.61 Å². The summed E-state index contributed by atoms with van der Waals surface area (Å²) in [6.07, 6.45) is 1.50. The molecule has 0 unspecified atom stereocenters. The lowest BCUT2D eigenvalue weighted by Crippen LogP contribution is -2.21. The predicted octanol–water partition coefficient (Wildman–Crippen LogP) is 2.24. The Kier molecular flexibility index (Phi) is 3.91. The molecule has 116 valence electrons. The van der Waals surface area contributed by atoms with E-state index in [0.717, 1.165) is 0 Å². The van der Waals surface area contributed by atoms with Crippen molar-refractivity contribution < 1.29 is 14.3 Å². The molecule has 2 N–H and O–H groups in total. The molecule has 0 atom stereocenters. The minimum absolute atomic E-state index is 0.123. The number of rotatable bonds is 3. The molecule has 2 heterocycles. The van der Waals surface area contributed by atoms with Gasteiger partial charge < -0.3 is 14.8 Å². The molecule has 0 saturated heterocycles. The number of carbonyl (C=O) groups excluding carboxylic acids is 1. The minimum atomic E-state index is -0.745. The first-order valence-electron chi connectivity index (χ1n) is 6.99. The van der Waals surface area contributed by atoms with Crippen LogP contribution in [0.25, 0.3) is 11.0 Å². The highest BCUT2D eigenvalue weighted by molar-refractivity contribution is 6.05. The minimum Gasteiger partial charge on any atom is -0.420 e. The molecule has 0 radical (unpaired) electrons. The molecule has 0 aliphatic carbocycles. The number of amides is 1. The maximum Gasteiger partial charge on any atom is 0.349 e. The van der Waals surface area contributed by atoms with E-state index in [0.29, 0.717) is 22.3 Å². The van der Waals surface area contributed by atoms with Gasteiger partial charge in [0.05, 0.1) is 12.3 Å². The molecule has 3 rings (SSSR count). The van der Waals surface area contributed by atoms with Crippen molar-refractivity contribution in [3.8, 4) is 0 Å². The molecule has 6 nitrogen and oxygen atoms in total. The zero-order valence-corrected chi connectivity index (χ0v) is 12.4. The fraction of sp³-hybridized carbons (Fsp3) is 0.118. The van der Waals surface area contributed by atoms with Gasteiger partial charge in [-0.05, 0) is 25.1 Å². The normalized spacial score (nSPS) is 10.7. The number of anilines is 1. The highest BCUT2D eigenvalue weighted by Crippen LogP contribution is 2.21. The van der Waals surface area contributed by atoms with Crippen LogP contribution in [-0.4, -0.2) is 16.0 Å². The number of hydrogen-bond donors (Lipinski definition) is 2. The predicted molar refractivity (Wildman–Crippen MR) is 85.3 cm³/mol. The lowest BCUT2D eigenvalue weighted by Gasteiger charge is -2.08. The van der Waals surface area contributed by atoms with Crippen LogP contribution < -0.4 is 10.9 Å². The van der Waals surface area contributed by atoms with Crippen molar-refractivity contribution in [2.75, 3.05) is 5.32 Å². The van der Waals surface area contributed by atoms with E-state index < -0.39 is 11.5 Å². The van der Waals surface area contributed by atoms with Crippen molar-refractivity contribution in [1.29, 1.82) is 0 Å². The average molecular weight is 310 g/mol. The Morgan fingerprint density at radius 3 is 2.74 bits per heavy atom. The van der Waals surface area contributed by atoms with Crippen LogP contribution >= 0.6 is 0 Å². The van der Waals surface area contributed by atoms with Gasteiger partial charge in [-0.1, -0.05) is 18.2 Å². The molecule has 0 bridgehead atoms. The topological polar surface area (TPSA) is 92.4 Å². The number of carbonyl (C=O) groups is 1. The van der Waals surface area contributed by atoms with E-state index in [9.17, 15) is 14.7 Å². The van der Waals surface area contributed by atoms with Crippen molar-refractivity contribution >= 4 is 22.6 Å². The maximum atomic E-state index is 12.3. The zero-order chi connectivity index (χ0) is 16.4. The molecular weight excluding hydrogens is 296 g/mol. The molecule has 2 aromatic heterocycles. The first kappa shape index (κ1) is 14.9. The second kappa shape index (κ2) is 6.02. The summed E-state index contributed by atoms with van der Waals surface area (Å²) < 4.78 is 5.23. The maximum absolute atomic E-state index is 12.3. The molecular formula is C17H14N2O4. The molecule has 0 spiro atoms. The molecule has 0 saturated carbocycles. The molecule has 6 heteroatoms. The van der Waals surface area contributed by atoms with E-state index in [1.807, 2.05) is 6.07 Å². The van der Waals surface area contributed by atoms with Gasteiger partial charge in [0.15, 0.2) is 5.58 Å². The number of nitrogens with one attached hydrogen (secondary N) is 1. The van der Waals surface area contributed by atoms with Crippen LogP contribution in [0.1, 0.15) is 21.6 Å². The number of aliphatic hydroxyl groups is 1. The Morgan fingerprint density at radius 2 is 2.04 bits per heavy atom. The summed E-state index contributed by atoms with van der Waals surface area (Å²) in [6.45, 7) is 1.42. The quantitative estimate of drug-likeness (QED) is 0.774. The van der Waals surface area contributed by atoms with E-state index in [2.05, 4.69) is 10.3 Å². The lowest BCUT2D eigenvalue weighted by atomic mass is 10.1. The van der Waals surface area contributed by atoms with E-state index in [4.69, 9.17) is 4.42 Å². The van der Waals surface area contributed by atoms with Gasteiger partial charge in [-0.15, -0.1) is 0 Å². The fourth-order valence-electron chi connectivity index (χ4n) is 2.29. The largest absolute Gasteiger partial charge is 0.420 e. The van der Waals surface area contributed by atoms with Crippen LogP contribution in [0, 0.1) is 6.92 Å². The number of aromatic nitrogens is 1. The lowest BCUT2D eigenvalue weighted by molar-refractivity contribution is 0.102. The monoisotopic (exact) mass is 310 g/mol. The summed E-state index contributed by atoms with van der Waals surface area (Å²) in [7, 11) is 0. The van der Waals surface area contributed by atoms with Crippen molar-refractivity contribution in [1.82, 2.24) is 4.98 Å². The summed E-state index contributed by atoms with van der Waals surface area (Å²) in [5, 5.41) is 12.5. The van der Waals surface area contributed by atoms with Crippen LogP contribution in [0.15, 0.2) is 51.8 Å². The summed E-state index contributed by atoms with van der Waals surface area (Å²) in [6, 6.07) is 10.2. The Hall–Kier alpha value is -2.99. The van der Waals surface area contributed by atoms with E-state index in [-0.39, 0.29) is 17.8 Å². The van der Waals surface area contributed by atoms with Crippen LogP contribution in [0.3, 0.4) is 0 Å². The molecule has 0 aliphatic rings. The fourth-order valence-corrected chi connectivity index (χ4v) is 2.29. The van der Waals surface area contributed by atoms with Crippen molar-refractivity contribution in [2.45, 2.75) is 13.5 Å². The van der Waals surface area contributed by atoms with Crippen LogP contribution in [0.2, 0.25) is 0 Å². The van der Waals surface area contributed by atoms with E-state index >= 15 is 0 Å². The first-order chi connectivity index (χ1) is 11.1. The van der Waals surface area contributed by atoms with E-state index in [1.165, 1.54) is 12.3 Å². The van der Waals surface area contributed by atoms with Gasteiger partial charge in [0.1, 0.15) is 5.56 Å². The third-order valence-corrected chi connectivity index (χ3v) is 3.48. The van der Waals surface area contributed by atoms with Gasteiger partial charge in [-0.2, -0.15) is 0 Å². The molecule has 0 fully saturated rings. The SMILES string of the molecule is Cc1ncc(CO)c2cc(C(=O)Nc3ccccc3)c(=O)oc12. The number of hydrogen-bond acceptors (Lipinski definition) is 5. The Labute approximate surface area is 131 Å². The molecule has 23 heavy (non-hydrogen) atoms.